The highest BCUT2D eigenvalue weighted by Crippen LogP contribution is 2.12. The summed E-state index contributed by atoms with van der Waals surface area (Å²) in [5.41, 5.74) is -0.505. The highest BCUT2D eigenvalue weighted by Gasteiger charge is 2.14. The van der Waals surface area contributed by atoms with Crippen molar-refractivity contribution in [2.75, 3.05) is 0 Å². The predicted octanol–water partition coefficient (Wildman–Crippen LogP) is 2.62. The molecule has 2 rings (SSSR count). The number of rotatable bonds is 2. The van der Waals surface area contributed by atoms with Gasteiger partial charge >= 0.3 is 5.63 Å². The summed E-state index contributed by atoms with van der Waals surface area (Å²) in [6.07, 6.45) is 0.234. The van der Waals surface area contributed by atoms with E-state index in [1.165, 1.54) is 18.2 Å². The summed E-state index contributed by atoms with van der Waals surface area (Å²) in [5.74, 6) is 1.52. The van der Waals surface area contributed by atoms with Crippen molar-refractivity contribution in [3.63, 3.8) is 0 Å². The molecule has 19 heavy (non-hydrogen) atoms. The van der Waals surface area contributed by atoms with Gasteiger partial charge in [0.1, 0.15) is 11.2 Å². The molecule has 0 fully saturated rings. The van der Waals surface area contributed by atoms with E-state index in [0.717, 1.165) is 0 Å². The molecular weight excluding hydrogens is 246 g/mol. The van der Waals surface area contributed by atoms with Crippen LogP contribution >= 0.6 is 0 Å². The first-order valence-electron chi connectivity index (χ1n) is 6.09. The lowest BCUT2D eigenvalue weighted by Crippen LogP contribution is -2.14. The van der Waals surface area contributed by atoms with Gasteiger partial charge in [-0.3, -0.25) is 0 Å². The molecule has 0 bridgehead atoms. The van der Waals surface area contributed by atoms with Gasteiger partial charge in [0, 0.05) is 12.3 Å². The van der Waals surface area contributed by atoms with Gasteiger partial charge in [0.05, 0.1) is 5.52 Å². The number of nitriles is 1. The van der Waals surface area contributed by atoms with E-state index in [2.05, 4.69) is 4.98 Å². The van der Waals surface area contributed by atoms with E-state index < -0.39 is 11.4 Å². The van der Waals surface area contributed by atoms with E-state index in [0.29, 0.717) is 0 Å². The third-order valence-corrected chi connectivity index (χ3v) is 2.35. The highest BCUT2D eigenvalue weighted by molar-refractivity contribution is 6.64. The fourth-order valence-electron chi connectivity index (χ4n) is 1.52. The van der Waals surface area contributed by atoms with Crippen molar-refractivity contribution < 1.29 is 8.81 Å². The Morgan fingerprint density at radius 2 is 2.16 bits per heavy atom. The van der Waals surface area contributed by atoms with Crippen LogP contribution in [0.2, 0.25) is 6.82 Å². The predicted molar refractivity (Wildman–Crippen MR) is 72.5 cm³/mol. The number of hydrogen-bond donors (Lipinski definition) is 0. The topological polar surface area (TPSA) is 66.9 Å². The maximum atomic E-state index is 13.4. The smallest absolute Gasteiger partial charge is 0.349 e. The molecule has 0 saturated carbocycles. The van der Waals surface area contributed by atoms with Crippen LogP contribution in [0.25, 0.3) is 10.9 Å². The minimum Gasteiger partial charge on any atom is -0.409 e. The average molecular weight is 260 g/mol. The van der Waals surface area contributed by atoms with Gasteiger partial charge < -0.3 is 4.42 Å². The molecule has 6 heteroatoms. The maximum absolute atomic E-state index is 13.4. The van der Waals surface area contributed by atoms with Crippen LogP contribution < -0.4 is 5.63 Å². The van der Waals surface area contributed by atoms with Crippen molar-refractivity contribution in [2.45, 2.75) is 27.0 Å². The number of halogens is 1. The van der Waals surface area contributed by atoms with Gasteiger partial charge in [-0.2, -0.15) is 0 Å². The van der Waals surface area contributed by atoms with Gasteiger partial charge in [0.15, 0.2) is 5.89 Å². The monoisotopic (exact) mass is 260 g/mol. The molecule has 2 aromatic rings. The Kier molecular flexibility index (Phi) is 5.25. The summed E-state index contributed by atoms with van der Waals surface area (Å²) in [4.78, 5) is 15.6. The van der Waals surface area contributed by atoms with E-state index in [-0.39, 0.29) is 29.8 Å². The molecule has 0 N–H and O–H groups in total. The molecule has 0 aliphatic carbocycles. The van der Waals surface area contributed by atoms with Crippen LogP contribution in [0, 0.1) is 17.0 Å². The normalized spacial score (nSPS) is 9.42. The summed E-state index contributed by atoms with van der Waals surface area (Å²) in [7, 11) is 0. The Bertz CT molecular complexity index is 664. The number of benzene rings is 1. The number of hydrogen-bond acceptors (Lipinski definition) is 4. The quantitative estimate of drug-likeness (QED) is 0.778. The number of aromatic nitrogens is 1. The van der Waals surface area contributed by atoms with Crippen molar-refractivity contribution in [2.24, 2.45) is 0 Å². The second-order valence-corrected chi connectivity index (χ2v) is 3.76. The first-order chi connectivity index (χ1) is 9.11. The zero-order valence-electron chi connectivity index (χ0n) is 11.1. The lowest BCUT2D eigenvalue weighted by atomic mass is 9.51. The Morgan fingerprint density at radius 3 is 2.79 bits per heavy atom. The SMILES string of the molecule is CB(C#N)Cc1nc2cccc(F)c2c(=O)o1.CC. The molecule has 0 amide bonds. The summed E-state index contributed by atoms with van der Waals surface area (Å²) in [6, 6.07) is 4.19. The largest absolute Gasteiger partial charge is 0.409 e. The summed E-state index contributed by atoms with van der Waals surface area (Å²) >= 11 is 0. The summed E-state index contributed by atoms with van der Waals surface area (Å²) in [5, 5.41) is 8.51. The molecule has 1 aromatic heterocycles. The maximum Gasteiger partial charge on any atom is 0.349 e. The molecule has 98 valence electrons. The fraction of sp³-hybridized carbons (Fsp3) is 0.308. The van der Waals surface area contributed by atoms with Crippen LogP contribution in [0.5, 0.6) is 0 Å². The first-order valence-corrected chi connectivity index (χ1v) is 6.09. The molecule has 0 aliphatic rings. The Hall–Kier alpha value is -2.16. The highest BCUT2D eigenvalue weighted by atomic mass is 19.1. The van der Waals surface area contributed by atoms with Crippen molar-refractivity contribution >= 4 is 17.6 Å². The lowest BCUT2D eigenvalue weighted by molar-refractivity contribution is 0.458. The van der Waals surface area contributed by atoms with Gasteiger partial charge in [0.25, 0.3) is 6.71 Å². The minimum atomic E-state index is -0.756. The van der Waals surface area contributed by atoms with Crippen LogP contribution in [-0.2, 0) is 6.32 Å². The molecular formula is C13H14BFN2O2. The van der Waals surface area contributed by atoms with Gasteiger partial charge in [0.2, 0.25) is 0 Å². The van der Waals surface area contributed by atoms with Crippen molar-refractivity contribution in [3.8, 4) is 5.97 Å². The van der Waals surface area contributed by atoms with Crippen molar-refractivity contribution in [1.29, 1.82) is 5.26 Å². The van der Waals surface area contributed by atoms with E-state index in [1.54, 1.807) is 6.82 Å². The lowest BCUT2D eigenvalue weighted by Gasteiger charge is -2.01. The van der Waals surface area contributed by atoms with E-state index in [9.17, 15) is 9.18 Å². The van der Waals surface area contributed by atoms with E-state index >= 15 is 0 Å². The average Bonchev–Trinajstić information content (AvgIpc) is 2.40. The Balaban J connectivity index is 0.000000861. The van der Waals surface area contributed by atoms with Crippen LogP contribution in [0.1, 0.15) is 19.7 Å². The van der Waals surface area contributed by atoms with Gasteiger partial charge in [-0.1, -0.05) is 26.7 Å². The summed E-state index contributed by atoms with van der Waals surface area (Å²) in [6.45, 7) is 5.38. The van der Waals surface area contributed by atoms with Crippen LogP contribution in [0.4, 0.5) is 4.39 Å². The standard InChI is InChI=1S/C11H8BFN2O2.C2H6/c1-12(6-14)5-9-15-8-4-2-3-7(13)10(8)11(16)17-9;1-2/h2-4H,5H2,1H3;1-2H3. The van der Waals surface area contributed by atoms with Gasteiger partial charge in [-0.05, 0) is 12.1 Å². The molecule has 0 spiro atoms. The first kappa shape index (κ1) is 14.9. The second kappa shape index (κ2) is 6.69. The fourth-order valence-corrected chi connectivity index (χ4v) is 1.52. The van der Waals surface area contributed by atoms with E-state index in [4.69, 9.17) is 9.68 Å². The third kappa shape index (κ3) is 3.41. The van der Waals surface area contributed by atoms with E-state index in [1.807, 2.05) is 19.8 Å². The summed E-state index contributed by atoms with van der Waals surface area (Å²) < 4.78 is 18.2. The zero-order chi connectivity index (χ0) is 14.4. The van der Waals surface area contributed by atoms with Crippen LogP contribution in [-0.4, -0.2) is 11.7 Å². The Morgan fingerprint density at radius 1 is 1.47 bits per heavy atom. The molecule has 0 unspecified atom stereocenters. The van der Waals surface area contributed by atoms with Crippen molar-refractivity contribution in [1.82, 2.24) is 4.98 Å². The number of fused-ring (bicyclic) bond motifs is 1. The van der Waals surface area contributed by atoms with Crippen LogP contribution in [0.15, 0.2) is 27.4 Å². The Labute approximate surface area is 111 Å². The minimum absolute atomic E-state index is 0.152. The van der Waals surface area contributed by atoms with Crippen LogP contribution in [0.3, 0.4) is 0 Å². The molecule has 0 aliphatic heterocycles. The van der Waals surface area contributed by atoms with Crippen molar-refractivity contribution in [3.05, 3.63) is 40.3 Å². The molecule has 1 heterocycles. The molecule has 0 atom stereocenters. The molecule has 4 nitrogen and oxygen atoms in total. The third-order valence-electron chi connectivity index (χ3n) is 2.35. The molecule has 1 aromatic carbocycles. The number of nitrogens with zero attached hydrogens (tertiary/aromatic N) is 2. The van der Waals surface area contributed by atoms with Gasteiger partial charge in [-0.25, -0.2) is 19.4 Å². The molecule has 0 radical (unpaired) electrons. The zero-order valence-corrected chi connectivity index (χ0v) is 11.1. The second-order valence-electron chi connectivity index (χ2n) is 3.76. The molecule has 0 saturated heterocycles. The van der Waals surface area contributed by atoms with Gasteiger partial charge in [-0.15, -0.1) is 0 Å².